The van der Waals surface area contributed by atoms with Crippen molar-refractivity contribution in [1.82, 2.24) is 4.90 Å². The molecule has 1 heteroatoms. The van der Waals surface area contributed by atoms with Gasteiger partial charge in [-0.05, 0) is 35.6 Å². The molecule has 82 valence electrons. The van der Waals surface area contributed by atoms with E-state index in [2.05, 4.69) is 43.9 Å². The lowest BCUT2D eigenvalue weighted by atomic mass is 9.89. The standard InChI is InChI=1S/C14H21N/c1-4-15-9-8-12-6-5-7-13(11(2)3)14(12)10-15/h5-7,11H,4,8-10H2,1-3H3. The van der Waals surface area contributed by atoms with E-state index in [0.29, 0.717) is 5.92 Å². The highest BCUT2D eigenvalue weighted by atomic mass is 15.1. The van der Waals surface area contributed by atoms with E-state index in [-0.39, 0.29) is 0 Å². The quantitative estimate of drug-likeness (QED) is 0.713. The van der Waals surface area contributed by atoms with Crippen LogP contribution in [0.2, 0.25) is 0 Å². The smallest absolute Gasteiger partial charge is 0.0239 e. The van der Waals surface area contributed by atoms with Gasteiger partial charge in [-0.15, -0.1) is 0 Å². The molecule has 1 aromatic carbocycles. The van der Waals surface area contributed by atoms with Crippen LogP contribution in [-0.4, -0.2) is 18.0 Å². The summed E-state index contributed by atoms with van der Waals surface area (Å²) >= 11 is 0. The maximum Gasteiger partial charge on any atom is 0.0239 e. The van der Waals surface area contributed by atoms with E-state index in [1.54, 1.807) is 16.7 Å². The summed E-state index contributed by atoms with van der Waals surface area (Å²) in [6, 6.07) is 6.81. The molecule has 0 spiro atoms. The summed E-state index contributed by atoms with van der Waals surface area (Å²) in [5.74, 6) is 0.650. The summed E-state index contributed by atoms with van der Waals surface area (Å²) in [6.07, 6.45) is 1.23. The maximum atomic E-state index is 2.54. The van der Waals surface area contributed by atoms with Crippen molar-refractivity contribution in [1.29, 1.82) is 0 Å². The summed E-state index contributed by atoms with van der Waals surface area (Å²) in [4.78, 5) is 2.54. The van der Waals surface area contributed by atoms with Gasteiger partial charge in [-0.2, -0.15) is 0 Å². The van der Waals surface area contributed by atoms with Crippen LogP contribution >= 0.6 is 0 Å². The third kappa shape index (κ3) is 2.07. The van der Waals surface area contributed by atoms with Gasteiger partial charge < -0.3 is 0 Å². The number of hydrogen-bond donors (Lipinski definition) is 0. The summed E-state index contributed by atoms with van der Waals surface area (Å²) < 4.78 is 0. The number of fused-ring (bicyclic) bond motifs is 1. The zero-order chi connectivity index (χ0) is 10.8. The second-order valence-electron chi connectivity index (χ2n) is 4.76. The molecule has 0 atom stereocenters. The molecule has 0 aliphatic carbocycles. The molecule has 1 heterocycles. The third-order valence-corrected chi connectivity index (χ3v) is 3.46. The molecule has 1 aromatic rings. The summed E-state index contributed by atoms with van der Waals surface area (Å²) in [6.45, 7) is 10.4. The van der Waals surface area contributed by atoms with E-state index in [1.807, 2.05) is 0 Å². The average Bonchev–Trinajstić information content (AvgIpc) is 2.27. The summed E-state index contributed by atoms with van der Waals surface area (Å²) in [5.41, 5.74) is 4.72. The number of rotatable bonds is 2. The first kappa shape index (κ1) is 10.7. The van der Waals surface area contributed by atoms with Gasteiger partial charge >= 0.3 is 0 Å². The fraction of sp³-hybridized carbons (Fsp3) is 0.571. The molecule has 0 N–H and O–H groups in total. The van der Waals surface area contributed by atoms with E-state index in [9.17, 15) is 0 Å². The lowest BCUT2D eigenvalue weighted by Gasteiger charge is -2.30. The van der Waals surface area contributed by atoms with E-state index in [1.165, 1.54) is 19.5 Å². The Bertz CT molecular complexity index is 341. The minimum Gasteiger partial charge on any atom is -0.299 e. The van der Waals surface area contributed by atoms with Crippen LogP contribution in [-0.2, 0) is 13.0 Å². The summed E-state index contributed by atoms with van der Waals surface area (Å²) in [7, 11) is 0. The molecule has 0 amide bonds. The minimum absolute atomic E-state index is 0.650. The van der Waals surface area contributed by atoms with Crippen LogP contribution in [0.3, 0.4) is 0 Å². The van der Waals surface area contributed by atoms with Crippen LogP contribution in [0.5, 0.6) is 0 Å². The van der Waals surface area contributed by atoms with Gasteiger partial charge in [0, 0.05) is 13.1 Å². The Kier molecular flexibility index (Phi) is 3.11. The Morgan fingerprint density at radius 2 is 2.13 bits per heavy atom. The molecule has 2 rings (SSSR count). The lowest BCUT2D eigenvalue weighted by molar-refractivity contribution is 0.266. The van der Waals surface area contributed by atoms with E-state index in [0.717, 1.165) is 6.54 Å². The maximum absolute atomic E-state index is 2.54. The minimum atomic E-state index is 0.650. The monoisotopic (exact) mass is 203 g/mol. The van der Waals surface area contributed by atoms with E-state index in [4.69, 9.17) is 0 Å². The van der Waals surface area contributed by atoms with Crippen molar-refractivity contribution in [2.75, 3.05) is 13.1 Å². The first-order chi connectivity index (χ1) is 7.22. The zero-order valence-corrected chi connectivity index (χ0v) is 10.1. The van der Waals surface area contributed by atoms with Gasteiger partial charge in [0.05, 0.1) is 0 Å². The molecule has 1 aliphatic rings. The van der Waals surface area contributed by atoms with Crippen molar-refractivity contribution in [2.24, 2.45) is 0 Å². The predicted octanol–water partition coefficient (Wildman–Crippen LogP) is 3.19. The molecule has 1 nitrogen and oxygen atoms in total. The molecule has 0 saturated heterocycles. The van der Waals surface area contributed by atoms with Gasteiger partial charge in [-0.3, -0.25) is 4.90 Å². The Balaban J connectivity index is 2.36. The van der Waals surface area contributed by atoms with Gasteiger partial charge in [0.1, 0.15) is 0 Å². The molecule has 0 bridgehead atoms. The Hall–Kier alpha value is -0.820. The normalized spacial score (nSPS) is 16.8. The molecule has 0 fully saturated rings. The van der Waals surface area contributed by atoms with E-state index >= 15 is 0 Å². The zero-order valence-electron chi connectivity index (χ0n) is 10.1. The average molecular weight is 203 g/mol. The highest BCUT2D eigenvalue weighted by Gasteiger charge is 2.18. The van der Waals surface area contributed by atoms with Gasteiger partial charge in [0.15, 0.2) is 0 Å². The van der Waals surface area contributed by atoms with Crippen molar-refractivity contribution in [3.8, 4) is 0 Å². The molecular formula is C14H21N. The van der Waals surface area contributed by atoms with Crippen molar-refractivity contribution < 1.29 is 0 Å². The van der Waals surface area contributed by atoms with Gasteiger partial charge in [-0.1, -0.05) is 39.0 Å². The predicted molar refractivity (Wildman–Crippen MR) is 65.2 cm³/mol. The lowest BCUT2D eigenvalue weighted by Crippen LogP contribution is -2.31. The topological polar surface area (TPSA) is 3.24 Å². The van der Waals surface area contributed by atoms with Crippen molar-refractivity contribution in [3.63, 3.8) is 0 Å². The molecule has 0 radical (unpaired) electrons. The fourth-order valence-electron chi connectivity index (χ4n) is 2.47. The van der Waals surface area contributed by atoms with Crippen molar-refractivity contribution in [3.05, 3.63) is 34.9 Å². The third-order valence-electron chi connectivity index (χ3n) is 3.46. The van der Waals surface area contributed by atoms with Crippen molar-refractivity contribution >= 4 is 0 Å². The van der Waals surface area contributed by atoms with Gasteiger partial charge in [-0.25, -0.2) is 0 Å². The Morgan fingerprint density at radius 1 is 1.33 bits per heavy atom. The molecule has 15 heavy (non-hydrogen) atoms. The van der Waals surface area contributed by atoms with Crippen molar-refractivity contribution in [2.45, 2.75) is 39.7 Å². The van der Waals surface area contributed by atoms with Crippen LogP contribution in [0.4, 0.5) is 0 Å². The number of likely N-dealkylation sites (N-methyl/N-ethyl adjacent to an activating group) is 1. The highest BCUT2D eigenvalue weighted by Crippen LogP contribution is 2.27. The van der Waals surface area contributed by atoms with Gasteiger partial charge in [0.25, 0.3) is 0 Å². The molecule has 0 saturated carbocycles. The largest absolute Gasteiger partial charge is 0.299 e. The number of benzene rings is 1. The highest BCUT2D eigenvalue weighted by molar-refractivity contribution is 5.38. The second-order valence-corrected chi connectivity index (χ2v) is 4.76. The summed E-state index contributed by atoms with van der Waals surface area (Å²) in [5, 5.41) is 0. The fourth-order valence-corrected chi connectivity index (χ4v) is 2.47. The number of hydrogen-bond acceptors (Lipinski definition) is 1. The second kappa shape index (κ2) is 4.36. The SMILES string of the molecule is CCN1CCc2cccc(C(C)C)c2C1. The molecular weight excluding hydrogens is 182 g/mol. The van der Waals surface area contributed by atoms with Crippen LogP contribution < -0.4 is 0 Å². The first-order valence-electron chi connectivity index (χ1n) is 6.05. The van der Waals surface area contributed by atoms with Gasteiger partial charge in [0.2, 0.25) is 0 Å². The van der Waals surface area contributed by atoms with E-state index < -0.39 is 0 Å². The van der Waals surface area contributed by atoms with Crippen LogP contribution in [0, 0.1) is 0 Å². The number of nitrogens with zero attached hydrogens (tertiary/aromatic N) is 1. The Morgan fingerprint density at radius 3 is 2.80 bits per heavy atom. The van der Waals surface area contributed by atoms with Crippen LogP contribution in [0.25, 0.3) is 0 Å². The molecule has 1 aliphatic heterocycles. The van der Waals surface area contributed by atoms with Crippen LogP contribution in [0.15, 0.2) is 18.2 Å². The molecule has 0 aromatic heterocycles. The first-order valence-corrected chi connectivity index (χ1v) is 6.05. The Labute approximate surface area is 93.1 Å². The molecule has 0 unspecified atom stereocenters. The van der Waals surface area contributed by atoms with Crippen LogP contribution in [0.1, 0.15) is 43.4 Å².